The highest BCUT2D eigenvalue weighted by Gasteiger charge is 2.08. The van der Waals surface area contributed by atoms with E-state index in [-0.39, 0.29) is 30.5 Å². The van der Waals surface area contributed by atoms with E-state index >= 15 is 0 Å². The van der Waals surface area contributed by atoms with Crippen LogP contribution in [0.1, 0.15) is 11.1 Å². The van der Waals surface area contributed by atoms with Crippen molar-refractivity contribution in [1.82, 2.24) is 5.32 Å². The molecule has 0 unspecified atom stereocenters. The lowest BCUT2D eigenvalue weighted by Gasteiger charge is -2.08. The van der Waals surface area contributed by atoms with Crippen LogP contribution in [0.2, 0.25) is 0 Å². The van der Waals surface area contributed by atoms with Crippen molar-refractivity contribution in [1.29, 1.82) is 0 Å². The van der Waals surface area contributed by atoms with Gasteiger partial charge >= 0.3 is 0 Å². The molecule has 0 saturated heterocycles. The molecule has 0 atom stereocenters. The summed E-state index contributed by atoms with van der Waals surface area (Å²) in [5, 5.41) is 10.1. The molecule has 0 aliphatic carbocycles. The van der Waals surface area contributed by atoms with Crippen molar-refractivity contribution in [3.8, 4) is 0 Å². The summed E-state index contributed by atoms with van der Waals surface area (Å²) < 4.78 is 22.0. The van der Waals surface area contributed by atoms with E-state index in [9.17, 15) is 18.0 Å². The van der Waals surface area contributed by atoms with Crippen LogP contribution < -0.4 is 15.8 Å². The van der Waals surface area contributed by atoms with Crippen LogP contribution in [0.5, 0.6) is 0 Å². The van der Waals surface area contributed by atoms with Gasteiger partial charge in [-0.05, 0) is 23.3 Å². The second kappa shape index (κ2) is 8.41. The number of nitrogens with one attached hydrogen (secondary N) is 2. The smallest absolute Gasteiger partial charge is 0.243 e. The van der Waals surface area contributed by atoms with E-state index in [0.717, 1.165) is 5.56 Å². The summed E-state index contributed by atoms with van der Waals surface area (Å²) in [4.78, 5) is 23.6. The molecular weight excluding hydrogens is 342 g/mol. The zero-order chi connectivity index (χ0) is 18.3. The molecule has 0 radical (unpaired) electrons. The van der Waals surface area contributed by atoms with Crippen LogP contribution in [-0.2, 0) is 31.8 Å². The minimum absolute atomic E-state index is 0.148. The van der Waals surface area contributed by atoms with E-state index in [2.05, 4.69) is 10.6 Å². The second-order valence-corrected chi connectivity index (χ2v) is 7.11. The standard InChI is InChI=1S/C17H19N3O4S/c18-25(23,24)12-14-6-8-15(9-7-14)20-17(22)11-19-16(21)10-13-4-2-1-3-5-13/h1-9H,10-12H2,(H,19,21)(H,20,22)(H2,18,23,24). The number of rotatable bonds is 7. The molecule has 0 spiro atoms. The number of hydrogen-bond acceptors (Lipinski definition) is 4. The Morgan fingerprint density at radius 2 is 1.52 bits per heavy atom. The van der Waals surface area contributed by atoms with Crippen molar-refractivity contribution in [2.75, 3.05) is 11.9 Å². The number of primary sulfonamides is 1. The molecule has 0 fully saturated rings. The Bertz CT molecular complexity index is 834. The summed E-state index contributed by atoms with van der Waals surface area (Å²) >= 11 is 0. The van der Waals surface area contributed by atoms with Gasteiger partial charge in [0.25, 0.3) is 0 Å². The lowest BCUT2D eigenvalue weighted by atomic mass is 10.1. The fraction of sp³-hybridized carbons (Fsp3) is 0.176. The zero-order valence-electron chi connectivity index (χ0n) is 13.4. The summed E-state index contributed by atoms with van der Waals surface area (Å²) in [5.74, 6) is -0.887. The van der Waals surface area contributed by atoms with Gasteiger partial charge in [0.05, 0.1) is 18.7 Å². The maximum absolute atomic E-state index is 11.8. The summed E-state index contributed by atoms with van der Waals surface area (Å²) in [5.41, 5.74) is 1.89. The van der Waals surface area contributed by atoms with Gasteiger partial charge in [-0.1, -0.05) is 42.5 Å². The highest BCUT2D eigenvalue weighted by molar-refractivity contribution is 7.88. The molecule has 0 aromatic heterocycles. The number of amides is 2. The lowest BCUT2D eigenvalue weighted by molar-refractivity contribution is -0.123. The Kier molecular flexibility index (Phi) is 6.26. The van der Waals surface area contributed by atoms with Crippen LogP contribution in [0.3, 0.4) is 0 Å². The summed E-state index contributed by atoms with van der Waals surface area (Å²) in [6.45, 7) is -0.148. The van der Waals surface area contributed by atoms with E-state index in [0.29, 0.717) is 11.3 Å². The molecule has 8 heteroatoms. The fourth-order valence-corrected chi connectivity index (χ4v) is 2.80. The number of carbonyl (C=O) groups is 2. The predicted molar refractivity (Wildman–Crippen MR) is 95.0 cm³/mol. The molecule has 132 valence electrons. The van der Waals surface area contributed by atoms with Gasteiger partial charge in [-0.15, -0.1) is 0 Å². The van der Waals surface area contributed by atoms with E-state index < -0.39 is 10.0 Å². The van der Waals surface area contributed by atoms with E-state index in [1.54, 1.807) is 24.3 Å². The topological polar surface area (TPSA) is 118 Å². The van der Waals surface area contributed by atoms with E-state index in [4.69, 9.17) is 5.14 Å². The minimum Gasteiger partial charge on any atom is -0.347 e. The first-order chi connectivity index (χ1) is 11.8. The largest absolute Gasteiger partial charge is 0.347 e. The highest BCUT2D eigenvalue weighted by atomic mass is 32.2. The van der Waals surface area contributed by atoms with Crippen LogP contribution >= 0.6 is 0 Å². The monoisotopic (exact) mass is 361 g/mol. The Balaban J connectivity index is 1.79. The van der Waals surface area contributed by atoms with Gasteiger partial charge in [0.2, 0.25) is 21.8 Å². The zero-order valence-corrected chi connectivity index (χ0v) is 14.3. The van der Waals surface area contributed by atoms with Crippen LogP contribution in [-0.4, -0.2) is 26.8 Å². The molecule has 7 nitrogen and oxygen atoms in total. The van der Waals surface area contributed by atoms with E-state index in [1.807, 2.05) is 30.3 Å². The number of hydrogen-bond donors (Lipinski definition) is 3. The average molecular weight is 361 g/mol. The summed E-state index contributed by atoms with van der Waals surface area (Å²) in [6.07, 6.45) is 0.205. The Labute approximate surface area is 146 Å². The van der Waals surface area contributed by atoms with Gasteiger partial charge in [-0.2, -0.15) is 0 Å². The van der Waals surface area contributed by atoms with Crippen molar-refractivity contribution in [3.05, 3.63) is 65.7 Å². The molecule has 0 aliphatic heterocycles. The normalized spacial score (nSPS) is 10.9. The van der Waals surface area contributed by atoms with Crippen molar-refractivity contribution >= 4 is 27.5 Å². The van der Waals surface area contributed by atoms with E-state index in [1.165, 1.54) is 0 Å². The van der Waals surface area contributed by atoms with Gasteiger partial charge in [0, 0.05) is 5.69 Å². The molecule has 2 rings (SSSR count). The Hall–Kier alpha value is -2.71. The number of nitrogens with two attached hydrogens (primary N) is 1. The van der Waals surface area contributed by atoms with Gasteiger partial charge in [0.15, 0.2) is 0 Å². The third kappa shape index (κ3) is 7.15. The van der Waals surface area contributed by atoms with Gasteiger partial charge < -0.3 is 10.6 Å². The van der Waals surface area contributed by atoms with Gasteiger partial charge in [0.1, 0.15) is 0 Å². The molecule has 4 N–H and O–H groups in total. The van der Waals surface area contributed by atoms with Crippen molar-refractivity contribution < 1.29 is 18.0 Å². The number of sulfonamides is 1. The fourth-order valence-electron chi connectivity index (χ4n) is 2.14. The first-order valence-electron chi connectivity index (χ1n) is 7.52. The highest BCUT2D eigenvalue weighted by Crippen LogP contribution is 2.11. The van der Waals surface area contributed by atoms with Crippen LogP contribution in [0, 0.1) is 0 Å². The van der Waals surface area contributed by atoms with Crippen molar-refractivity contribution in [2.45, 2.75) is 12.2 Å². The predicted octanol–water partition coefficient (Wildman–Crippen LogP) is 0.773. The molecule has 2 aromatic carbocycles. The number of carbonyl (C=O) groups excluding carboxylic acids is 2. The Morgan fingerprint density at radius 3 is 2.12 bits per heavy atom. The van der Waals surface area contributed by atoms with Crippen LogP contribution in [0.4, 0.5) is 5.69 Å². The first-order valence-corrected chi connectivity index (χ1v) is 9.23. The number of anilines is 1. The summed E-state index contributed by atoms with van der Waals surface area (Å²) in [7, 11) is -3.59. The van der Waals surface area contributed by atoms with Gasteiger partial charge in [-0.3, -0.25) is 9.59 Å². The van der Waals surface area contributed by atoms with Crippen LogP contribution in [0.15, 0.2) is 54.6 Å². The number of benzene rings is 2. The first kappa shape index (κ1) is 18.6. The maximum atomic E-state index is 11.8. The van der Waals surface area contributed by atoms with Crippen molar-refractivity contribution in [3.63, 3.8) is 0 Å². The molecule has 0 aliphatic rings. The second-order valence-electron chi connectivity index (χ2n) is 5.49. The molecule has 0 bridgehead atoms. The maximum Gasteiger partial charge on any atom is 0.243 e. The molecule has 2 amide bonds. The lowest BCUT2D eigenvalue weighted by Crippen LogP contribution is -2.33. The van der Waals surface area contributed by atoms with Crippen molar-refractivity contribution in [2.24, 2.45) is 5.14 Å². The average Bonchev–Trinajstić information content (AvgIpc) is 2.54. The van der Waals surface area contributed by atoms with Crippen LogP contribution in [0.25, 0.3) is 0 Å². The molecule has 0 heterocycles. The third-order valence-electron chi connectivity index (χ3n) is 3.26. The molecule has 25 heavy (non-hydrogen) atoms. The SMILES string of the molecule is NS(=O)(=O)Cc1ccc(NC(=O)CNC(=O)Cc2ccccc2)cc1. The molecule has 2 aromatic rings. The third-order valence-corrected chi connectivity index (χ3v) is 3.99. The minimum atomic E-state index is -3.59. The molecular formula is C17H19N3O4S. The van der Waals surface area contributed by atoms with Gasteiger partial charge in [-0.25, -0.2) is 13.6 Å². The Morgan fingerprint density at radius 1 is 0.880 bits per heavy atom. The quantitative estimate of drug-likeness (QED) is 0.675. The molecule has 0 saturated carbocycles. The summed E-state index contributed by atoms with van der Waals surface area (Å²) in [6, 6.07) is 15.5.